The minimum Gasteiger partial charge on any atom is -0.465 e. The van der Waals surface area contributed by atoms with E-state index in [1.807, 2.05) is 0 Å². The number of hydrogen-bond acceptors (Lipinski definition) is 5. The van der Waals surface area contributed by atoms with Gasteiger partial charge in [-0.2, -0.15) is 0 Å². The third-order valence-electron chi connectivity index (χ3n) is 5.16. The third kappa shape index (κ3) is 4.68. The van der Waals surface area contributed by atoms with E-state index < -0.39 is 5.97 Å². The van der Waals surface area contributed by atoms with Gasteiger partial charge in [-0.15, -0.1) is 0 Å². The SMILES string of the molecule is COC(=O)c1ccc(C(=O)N(CCC[NH+](C)C)c2nc3c(C)c(C)ccc3s2)cc1. The summed E-state index contributed by atoms with van der Waals surface area (Å²) in [6, 6.07) is 10.7. The summed E-state index contributed by atoms with van der Waals surface area (Å²) in [4.78, 5) is 33.0. The Labute approximate surface area is 181 Å². The Morgan fingerprint density at radius 1 is 1.07 bits per heavy atom. The molecular weight excluding hydrogens is 398 g/mol. The van der Waals surface area contributed by atoms with Gasteiger partial charge in [-0.25, -0.2) is 9.78 Å². The van der Waals surface area contributed by atoms with Crippen LogP contribution in [0.4, 0.5) is 5.13 Å². The van der Waals surface area contributed by atoms with Gasteiger partial charge in [0.05, 0.1) is 43.5 Å². The quantitative estimate of drug-likeness (QED) is 0.590. The topological polar surface area (TPSA) is 63.9 Å². The fourth-order valence-electron chi connectivity index (χ4n) is 3.23. The number of hydrogen-bond donors (Lipinski definition) is 1. The molecule has 3 aromatic rings. The number of esters is 1. The lowest BCUT2D eigenvalue weighted by Crippen LogP contribution is -3.05. The van der Waals surface area contributed by atoms with Crippen LogP contribution in [0.5, 0.6) is 0 Å². The highest BCUT2D eigenvalue weighted by atomic mass is 32.1. The van der Waals surface area contributed by atoms with E-state index >= 15 is 0 Å². The second-order valence-corrected chi connectivity index (χ2v) is 8.70. The van der Waals surface area contributed by atoms with E-state index in [-0.39, 0.29) is 5.91 Å². The molecule has 0 aliphatic rings. The van der Waals surface area contributed by atoms with Crippen molar-refractivity contribution in [3.8, 4) is 0 Å². The number of ether oxygens (including phenoxy) is 1. The molecule has 1 N–H and O–H groups in total. The summed E-state index contributed by atoms with van der Waals surface area (Å²) in [5, 5.41) is 0.703. The van der Waals surface area contributed by atoms with Crippen molar-refractivity contribution in [1.82, 2.24) is 4.98 Å². The van der Waals surface area contributed by atoms with Crippen molar-refractivity contribution in [3.63, 3.8) is 0 Å². The number of fused-ring (bicyclic) bond motifs is 1. The van der Waals surface area contributed by atoms with Crippen molar-refractivity contribution >= 4 is 38.6 Å². The van der Waals surface area contributed by atoms with Crippen LogP contribution in [-0.2, 0) is 4.74 Å². The Morgan fingerprint density at radius 2 is 1.73 bits per heavy atom. The summed E-state index contributed by atoms with van der Waals surface area (Å²) in [5.41, 5.74) is 4.22. The zero-order valence-corrected chi connectivity index (χ0v) is 18.9. The number of aryl methyl sites for hydroxylation is 2. The monoisotopic (exact) mass is 426 g/mol. The number of thiazole rings is 1. The maximum Gasteiger partial charge on any atom is 0.337 e. The molecule has 2 aromatic carbocycles. The first-order chi connectivity index (χ1) is 14.3. The Kier molecular flexibility index (Phi) is 6.84. The average molecular weight is 427 g/mol. The number of quaternary nitrogens is 1. The van der Waals surface area contributed by atoms with Gasteiger partial charge in [0, 0.05) is 18.5 Å². The molecule has 0 saturated carbocycles. The second-order valence-electron chi connectivity index (χ2n) is 7.69. The van der Waals surface area contributed by atoms with Crippen molar-refractivity contribution in [2.24, 2.45) is 0 Å². The number of anilines is 1. The van der Waals surface area contributed by atoms with Crippen molar-refractivity contribution < 1.29 is 19.2 Å². The minimum atomic E-state index is -0.420. The molecule has 0 saturated heterocycles. The van der Waals surface area contributed by atoms with Crippen molar-refractivity contribution in [3.05, 3.63) is 58.7 Å². The van der Waals surface area contributed by atoms with Gasteiger partial charge in [-0.05, 0) is 55.3 Å². The first-order valence-electron chi connectivity index (χ1n) is 9.98. The lowest BCUT2D eigenvalue weighted by atomic mass is 10.1. The molecule has 0 atom stereocenters. The predicted octanol–water partition coefficient (Wildman–Crippen LogP) is 2.88. The Bertz CT molecular complexity index is 1060. The van der Waals surface area contributed by atoms with Gasteiger partial charge in [-0.1, -0.05) is 17.4 Å². The van der Waals surface area contributed by atoms with E-state index in [0.717, 1.165) is 28.7 Å². The number of nitrogens with one attached hydrogen (secondary N) is 1. The van der Waals surface area contributed by atoms with Crippen LogP contribution < -0.4 is 9.80 Å². The summed E-state index contributed by atoms with van der Waals surface area (Å²) < 4.78 is 5.81. The van der Waals surface area contributed by atoms with E-state index in [9.17, 15) is 9.59 Å². The average Bonchev–Trinajstić information content (AvgIpc) is 3.17. The van der Waals surface area contributed by atoms with Crippen LogP contribution in [0.2, 0.25) is 0 Å². The summed E-state index contributed by atoms with van der Waals surface area (Å²) in [6.07, 6.45) is 0.863. The summed E-state index contributed by atoms with van der Waals surface area (Å²) >= 11 is 1.53. The lowest BCUT2D eigenvalue weighted by molar-refractivity contribution is -0.858. The van der Waals surface area contributed by atoms with Gasteiger partial charge in [0.15, 0.2) is 5.13 Å². The first kappa shape index (κ1) is 21.9. The van der Waals surface area contributed by atoms with Crippen LogP contribution >= 0.6 is 11.3 Å². The normalized spacial score (nSPS) is 11.1. The summed E-state index contributed by atoms with van der Waals surface area (Å²) in [5.74, 6) is -0.537. The maximum atomic E-state index is 13.4. The molecule has 0 bridgehead atoms. The zero-order valence-electron chi connectivity index (χ0n) is 18.1. The van der Waals surface area contributed by atoms with Gasteiger partial charge in [-0.3, -0.25) is 9.69 Å². The fourth-order valence-corrected chi connectivity index (χ4v) is 4.28. The second kappa shape index (κ2) is 9.36. The van der Waals surface area contributed by atoms with Crippen molar-refractivity contribution in [2.45, 2.75) is 20.3 Å². The van der Waals surface area contributed by atoms with Gasteiger partial charge in [0.1, 0.15) is 0 Å². The van der Waals surface area contributed by atoms with Gasteiger partial charge < -0.3 is 9.64 Å². The lowest BCUT2D eigenvalue weighted by Gasteiger charge is -2.20. The smallest absolute Gasteiger partial charge is 0.337 e. The third-order valence-corrected chi connectivity index (χ3v) is 6.20. The molecule has 1 heterocycles. The molecule has 6 nitrogen and oxygen atoms in total. The van der Waals surface area contributed by atoms with E-state index in [1.54, 1.807) is 29.2 Å². The number of carbonyl (C=O) groups is 2. The molecule has 0 radical (unpaired) electrons. The largest absolute Gasteiger partial charge is 0.465 e. The molecular formula is C23H28N3O3S+. The Morgan fingerprint density at radius 3 is 2.37 bits per heavy atom. The molecule has 0 fully saturated rings. The standard InChI is InChI=1S/C23H27N3O3S/c1-15-7-12-19-20(16(15)2)24-23(30-19)26(14-6-13-25(3)4)21(27)17-8-10-18(11-9-17)22(28)29-5/h7-12H,6,13-14H2,1-5H3/p+1. The highest BCUT2D eigenvalue weighted by Gasteiger charge is 2.22. The van der Waals surface area contributed by atoms with E-state index in [2.05, 4.69) is 40.1 Å². The highest BCUT2D eigenvalue weighted by Crippen LogP contribution is 2.32. The van der Waals surface area contributed by atoms with Crippen LogP contribution in [0.25, 0.3) is 10.2 Å². The number of methoxy groups -OCH3 is 1. The molecule has 7 heteroatoms. The molecule has 0 unspecified atom stereocenters. The number of carbonyl (C=O) groups excluding carboxylic acids is 2. The van der Waals surface area contributed by atoms with Crippen LogP contribution in [0, 0.1) is 13.8 Å². The number of benzene rings is 2. The molecule has 30 heavy (non-hydrogen) atoms. The molecule has 1 amide bonds. The number of aromatic nitrogens is 1. The number of nitrogens with zero attached hydrogens (tertiary/aromatic N) is 2. The van der Waals surface area contributed by atoms with Crippen LogP contribution in [0.1, 0.15) is 38.3 Å². The summed E-state index contributed by atoms with van der Waals surface area (Å²) in [7, 11) is 5.54. The first-order valence-corrected chi connectivity index (χ1v) is 10.8. The molecule has 1 aromatic heterocycles. The van der Waals surface area contributed by atoms with Gasteiger partial charge >= 0.3 is 5.97 Å². The molecule has 0 aliphatic heterocycles. The van der Waals surface area contributed by atoms with E-state index in [4.69, 9.17) is 9.72 Å². The molecule has 0 spiro atoms. The maximum absolute atomic E-state index is 13.4. The summed E-state index contributed by atoms with van der Waals surface area (Å²) in [6.45, 7) is 5.67. The Hall–Kier alpha value is -2.77. The number of amides is 1. The van der Waals surface area contributed by atoms with Crippen molar-refractivity contribution in [2.75, 3.05) is 39.2 Å². The fraction of sp³-hybridized carbons (Fsp3) is 0.348. The predicted molar refractivity (Wildman–Crippen MR) is 121 cm³/mol. The van der Waals surface area contributed by atoms with Gasteiger partial charge in [0.2, 0.25) is 0 Å². The molecule has 0 aliphatic carbocycles. The molecule has 3 rings (SSSR count). The molecule has 158 valence electrons. The zero-order chi connectivity index (χ0) is 21.8. The highest BCUT2D eigenvalue weighted by molar-refractivity contribution is 7.22. The van der Waals surface area contributed by atoms with E-state index in [0.29, 0.717) is 22.8 Å². The Balaban J connectivity index is 1.95. The van der Waals surface area contributed by atoms with Gasteiger partial charge in [0.25, 0.3) is 5.91 Å². The van der Waals surface area contributed by atoms with Crippen molar-refractivity contribution in [1.29, 1.82) is 0 Å². The van der Waals surface area contributed by atoms with Crippen LogP contribution in [0.15, 0.2) is 36.4 Å². The van der Waals surface area contributed by atoms with Crippen LogP contribution in [0.3, 0.4) is 0 Å². The van der Waals surface area contributed by atoms with E-state index in [1.165, 1.54) is 28.9 Å². The number of rotatable bonds is 7. The minimum absolute atomic E-state index is 0.117. The van der Waals surface area contributed by atoms with Crippen LogP contribution in [-0.4, -0.2) is 51.2 Å².